The molecular formula is C26H21IN4O. The molecule has 4 aromatic rings. The summed E-state index contributed by atoms with van der Waals surface area (Å²) in [6.07, 6.45) is 9.08. The van der Waals surface area contributed by atoms with Crippen molar-refractivity contribution in [1.29, 1.82) is 0 Å². The number of fused-ring (bicyclic) bond motifs is 3. The molecule has 0 spiro atoms. The number of imidazole rings is 1. The third-order valence-electron chi connectivity index (χ3n) is 7.48. The predicted molar refractivity (Wildman–Crippen MR) is 131 cm³/mol. The van der Waals surface area contributed by atoms with E-state index in [1.807, 2.05) is 6.33 Å². The predicted octanol–water partition coefficient (Wildman–Crippen LogP) is 6.10. The van der Waals surface area contributed by atoms with Gasteiger partial charge in [0.15, 0.2) is 12.2 Å². The Kier molecular flexibility index (Phi) is 3.90. The number of hydrogen-bond donors (Lipinski definition) is 0. The lowest BCUT2D eigenvalue weighted by Gasteiger charge is -2.62. The van der Waals surface area contributed by atoms with Crippen molar-refractivity contribution in [3.05, 3.63) is 87.3 Å². The fourth-order valence-corrected chi connectivity index (χ4v) is 6.40. The van der Waals surface area contributed by atoms with Crippen molar-refractivity contribution < 1.29 is 4.42 Å². The van der Waals surface area contributed by atoms with E-state index in [0.29, 0.717) is 11.2 Å². The Balaban J connectivity index is 1.49. The molecule has 2 bridgehead atoms. The Morgan fingerprint density at radius 1 is 1.09 bits per heavy atom. The van der Waals surface area contributed by atoms with Crippen LogP contribution in [0, 0.1) is 9.49 Å². The summed E-state index contributed by atoms with van der Waals surface area (Å²) in [5.41, 5.74) is 8.23. The van der Waals surface area contributed by atoms with Crippen molar-refractivity contribution in [2.24, 2.45) is 10.9 Å². The summed E-state index contributed by atoms with van der Waals surface area (Å²) in [6, 6.07) is 15.4. The first-order valence-corrected chi connectivity index (χ1v) is 12.1. The first kappa shape index (κ1) is 18.8. The second kappa shape index (κ2) is 6.63. The van der Waals surface area contributed by atoms with Crippen molar-refractivity contribution in [1.82, 2.24) is 14.5 Å². The van der Waals surface area contributed by atoms with Gasteiger partial charge in [0.2, 0.25) is 0 Å². The molecule has 1 aliphatic heterocycles. The normalized spacial score (nSPS) is 25.1. The van der Waals surface area contributed by atoms with Crippen LogP contribution in [0.2, 0.25) is 0 Å². The van der Waals surface area contributed by atoms with E-state index in [4.69, 9.17) is 14.4 Å². The molecule has 3 heterocycles. The Labute approximate surface area is 199 Å². The SMILES string of the molecule is C[C@@H]1N=C(c2ccccc2I)c2cc(C34CC(C3)C4)ccc2-n2cnc(-c3cnco3)c21. The van der Waals surface area contributed by atoms with Crippen molar-refractivity contribution in [2.75, 3.05) is 0 Å². The van der Waals surface area contributed by atoms with Gasteiger partial charge in [-0.2, -0.15) is 0 Å². The number of aromatic nitrogens is 3. The molecule has 3 fully saturated rings. The van der Waals surface area contributed by atoms with Gasteiger partial charge in [0.25, 0.3) is 0 Å². The first-order valence-electron chi connectivity index (χ1n) is 11.1. The number of benzene rings is 2. The number of oxazole rings is 1. The highest BCUT2D eigenvalue weighted by molar-refractivity contribution is 14.1. The van der Waals surface area contributed by atoms with Crippen LogP contribution in [0.1, 0.15) is 54.6 Å². The van der Waals surface area contributed by atoms with E-state index in [2.05, 4.69) is 81.5 Å². The Morgan fingerprint density at radius 2 is 1.94 bits per heavy atom. The van der Waals surface area contributed by atoms with E-state index >= 15 is 0 Å². The fourth-order valence-electron chi connectivity index (χ4n) is 5.76. The summed E-state index contributed by atoms with van der Waals surface area (Å²) >= 11 is 2.42. The van der Waals surface area contributed by atoms with Crippen molar-refractivity contribution in [3.63, 3.8) is 0 Å². The highest BCUT2D eigenvalue weighted by Gasteiger charge is 2.57. The molecule has 158 valence electrons. The number of hydrogen-bond acceptors (Lipinski definition) is 4. The van der Waals surface area contributed by atoms with Crippen LogP contribution in [0.5, 0.6) is 0 Å². The molecule has 0 unspecified atom stereocenters. The molecule has 5 nitrogen and oxygen atoms in total. The van der Waals surface area contributed by atoms with Crippen molar-refractivity contribution in [3.8, 4) is 17.1 Å². The van der Waals surface area contributed by atoms with E-state index in [1.165, 1.54) is 45.9 Å². The zero-order valence-electron chi connectivity index (χ0n) is 17.6. The molecule has 1 atom stereocenters. The van der Waals surface area contributed by atoms with Crippen LogP contribution < -0.4 is 0 Å². The van der Waals surface area contributed by atoms with Crippen LogP contribution in [-0.4, -0.2) is 20.2 Å². The lowest BCUT2D eigenvalue weighted by Crippen LogP contribution is -2.55. The number of halogens is 1. The molecule has 0 N–H and O–H groups in total. The average molecular weight is 532 g/mol. The van der Waals surface area contributed by atoms with Gasteiger partial charge in [0, 0.05) is 14.7 Å². The van der Waals surface area contributed by atoms with E-state index < -0.39 is 0 Å². The minimum Gasteiger partial charge on any atom is -0.442 e. The Morgan fingerprint density at radius 3 is 2.66 bits per heavy atom. The van der Waals surface area contributed by atoms with Gasteiger partial charge in [-0.1, -0.05) is 24.3 Å². The topological polar surface area (TPSA) is 56.2 Å². The van der Waals surface area contributed by atoms with Crippen molar-refractivity contribution >= 4 is 28.3 Å². The molecule has 32 heavy (non-hydrogen) atoms. The monoisotopic (exact) mass is 532 g/mol. The van der Waals surface area contributed by atoms with Crippen LogP contribution in [0.25, 0.3) is 17.1 Å². The summed E-state index contributed by atoms with van der Waals surface area (Å²) in [7, 11) is 0. The maximum absolute atomic E-state index is 5.61. The van der Waals surface area contributed by atoms with Crippen molar-refractivity contribution in [2.45, 2.75) is 37.6 Å². The van der Waals surface area contributed by atoms with E-state index in [1.54, 1.807) is 6.20 Å². The minimum absolute atomic E-state index is 0.0885. The minimum atomic E-state index is -0.0885. The lowest BCUT2D eigenvalue weighted by atomic mass is 9.42. The molecule has 2 aromatic heterocycles. The van der Waals surface area contributed by atoms with Crippen LogP contribution >= 0.6 is 22.6 Å². The van der Waals surface area contributed by atoms with Gasteiger partial charge in [-0.15, -0.1) is 0 Å². The summed E-state index contributed by atoms with van der Waals surface area (Å²) in [4.78, 5) is 14.1. The van der Waals surface area contributed by atoms with Gasteiger partial charge >= 0.3 is 0 Å². The maximum Gasteiger partial charge on any atom is 0.181 e. The summed E-state index contributed by atoms with van der Waals surface area (Å²) < 4.78 is 9.00. The Bertz CT molecular complexity index is 1380. The second-order valence-electron chi connectivity index (χ2n) is 9.34. The molecule has 0 saturated heterocycles. The average Bonchev–Trinajstić information content (AvgIpc) is 3.38. The molecule has 8 rings (SSSR count). The van der Waals surface area contributed by atoms with Gasteiger partial charge in [-0.05, 0) is 83.9 Å². The molecule has 4 aliphatic rings. The molecule has 3 saturated carbocycles. The van der Waals surface area contributed by atoms with Crippen LogP contribution in [0.3, 0.4) is 0 Å². The van der Waals surface area contributed by atoms with E-state index in [-0.39, 0.29) is 6.04 Å². The third-order valence-corrected chi connectivity index (χ3v) is 8.42. The first-order chi connectivity index (χ1) is 15.6. The molecule has 0 amide bonds. The smallest absolute Gasteiger partial charge is 0.181 e. The summed E-state index contributed by atoms with van der Waals surface area (Å²) in [5.74, 6) is 1.62. The van der Waals surface area contributed by atoms with Crippen LogP contribution in [0.4, 0.5) is 0 Å². The standard InChI is InChI=1S/C26H21IN4O/c1-15-25-24(22-12-28-14-32-22)29-13-31(25)21-7-6-17(26-9-16(10-26)11-26)8-19(21)23(30-15)18-4-2-3-5-20(18)27/h2-8,12-16H,9-11H2,1H3/t15-,16?,26?/m0/s1. The zero-order chi connectivity index (χ0) is 21.4. The van der Waals surface area contributed by atoms with Gasteiger partial charge in [-0.3, -0.25) is 9.56 Å². The fraction of sp³-hybridized carbons (Fsp3) is 0.269. The van der Waals surface area contributed by atoms with Gasteiger partial charge in [0.1, 0.15) is 12.0 Å². The zero-order valence-corrected chi connectivity index (χ0v) is 19.8. The molecule has 2 aromatic carbocycles. The van der Waals surface area contributed by atoms with Gasteiger partial charge in [-0.25, -0.2) is 9.97 Å². The lowest BCUT2D eigenvalue weighted by molar-refractivity contribution is -0.0274. The summed E-state index contributed by atoms with van der Waals surface area (Å²) in [6.45, 7) is 2.14. The third kappa shape index (κ3) is 2.53. The van der Waals surface area contributed by atoms with E-state index in [9.17, 15) is 0 Å². The van der Waals surface area contributed by atoms with Crippen LogP contribution in [0.15, 0.2) is 70.8 Å². The number of aliphatic imine (C=N–C) groups is 1. The molecular weight excluding hydrogens is 511 g/mol. The maximum atomic E-state index is 5.61. The Hall–Kier alpha value is -2.74. The highest BCUT2D eigenvalue weighted by atomic mass is 127. The quantitative estimate of drug-likeness (QED) is 0.300. The van der Waals surface area contributed by atoms with Gasteiger partial charge < -0.3 is 4.42 Å². The number of nitrogens with zero attached hydrogens (tertiary/aromatic N) is 4. The molecule has 0 radical (unpaired) electrons. The molecule has 3 aliphatic carbocycles. The summed E-state index contributed by atoms with van der Waals surface area (Å²) in [5, 5.41) is 0. The number of rotatable bonds is 3. The van der Waals surface area contributed by atoms with Crippen LogP contribution in [-0.2, 0) is 5.41 Å². The molecule has 6 heteroatoms. The highest BCUT2D eigenvalue weighted by Crippen LogP contribution is 2.65. The van der Waals surface area contributed by atoms with E-state index in [0.717, 1.165) is 28.7 Å². The largest absolute Gasteiger partial charge is 0.442 e. The second-order valence-corrected chi connectivity index (χ2v) is 10.5. The van der Waals surface area contributed by atoms with Gasteiger partial charge in [0.05, 0.1) is 29.3 Å².